The van der Waals surface area contributed by atoms with Gasteiger partial charge in [0.1, 0.15) is 0 Å². The summed E-state index contributed by atoms with van der Waals surface area (Å²) in [5, 5.41) is 0. The number of nitrogens with zero attached hydrogens (tertiary/aromatic N) is 3. The maximum atomic E-state index is 12.3. The summed E-state index contributed by atoms with van der Waals surface area (Å²) < 4.78 is 0. The number of hydrogen-bond donors (Lipinski definition) is 0. The number of carbonyl (C=O) groups excluding carboxylic acids is 3. The smallest absolute Gasteiger partial charge is 0.261 e. The number of unbranched alkanes of at least 4 members (excludes halogenated alkanes) is 1. The third-order valence-corrected chi connectivity index (χ3v) is 5.04. The zero-order chi connectivity index (χ0) is 18.0. The lowest BCUT2D eigenvalue weighted by atomic mass is 10.1. The zero-order valence-corrected chi connectivity index (χ0v) is 14.9. The lowest BCUT2D eigenvalue weighted by Gasteiger charge is -2.26. The van der Waals surface area contributed by atoms with Gasteiger partial charge < -0.3 is 4.90 Å². The minimum Gasteiger partial charge on any atom is -0.347 e. The van der Waals surface area contributed by atoms with Gasteiger partial charge >= 0.3 is 0 Å². The van der Waals surface area contributed by atoms with Crippen molar-refractivity contribution >= 4 is 17.7 Å². The lowest BCUT2D eigenvalue weighted by molar-refractivity contribution is -0.133. The fourth-order valence-corrected chi connectivity index (χ4v) is 3.70. The molecular formula is C19H25N3O3. The number of benzene rings is 1. The summed E-state index contributed by atoms with van der Waals surface area (Å²) in [4.78, 5) is 42.1. The average Bonchev–Trinajstić information content (AvgIpc) is 3.16. The van der Waals surface area contributed by atoms with E-state index in [4.69, 9.17) is 0 Å². The summed E-state index contributed by atoms with van der Waals surface area (Å²) in [5.41, 5.74) is 1.01. The van der Waals surface area contributed by atoms with E-state index in [1.54, 1.807) is 43.3 Å². The Kier molecular flexibility index (Phi) is 5.18. The number of fused-ring (bicyclic) bond motifs is 1. The molecule has 2 aliphatic heterocycles. The van der Waals surface area contributed by atoms with E-state index < -0.39 is 0 Å². The topological polar surface area (TPSA) is 60.9 Å². The monoisotopic (exact) mass is 343 g/mol. The third-order valence-electron chi connectivity index (χ3n) is 5.04. The molecule has 6 nitrogen and oxygen atoms in total. The molecule has 0 radical (unpaired) electrons. The molecule has 2 heterocycles. The van der Waals surface area contributed by atoms with E-state index in [1.165, 1.54) is 4.90 Å². The predicted molar refractivity (Wildman–Crippen MR) is 94.3 cm³/mol. The van der Waals surface area contributed by atoms with Gasteiger partial charge in [-0.05, 0) is 50.9 Å². The molecule has 0 spiro atoms. The Balaban J connectivity index is 1.49. The summed E-state index contributed by atoms with van der Waals surface area (Å²) in [6.45, 7) is 2.21. The van der Waals surface area contributed by atoms with Gasteiger partial charge in [0.2, 0.25) is 5.91 Å². The summed E-state index contributed by atoms with van der Waals surface area (Å²) in [6, 6.07) is 6.95. The summed E-state index contributed by atoms with van der Waals surface area (Å²) in [6.07, 6.45) is 3.58. The number of likely N-dealkylation sites (tertiary alicyclic amines) is 1. The maximum Gasteiger partial charge on any atom is 0.261 e. The molecule has 0 aliphatic carbocycles. The first-order valence-corrected chi connectivity index (χ1v) is 8.91. The molecule has 1 aromatic carbocycles. The van der Waals surface area contributed by atoms with Crippen molar-refractivity contribution in [3.8, 4) is 0 Å². The molecule has 0 N–H and O–H groups in total. The third kappa shape index (κ3) is 3.44. The van der Waals surface area contributed by atoms with Gasteiger partial charge in [0.25, 0.3) is 11.8 Å². The number of imide groups is 1. The van der Waals surface area contributed by atoms with E-state index in [1.807, 2.05) is 0 Å². The van der Waals surface area contributed by atoms with Crippen LogP contribution in [0.5, 0.6) is 0 Å². The first-order chi connectivity index (χ1) is 12.0. The molecule has 3 rings (SSSR count). The molecule has 1 fully saturated rings. The van der Waals surface area contributed by atoms with Gasteiger partial charge in [-0.25, -0.2) is 0 Å². The molecule has 25 heavy (non-hydrogen) atoms. The largest absolute Gasteiger partial charge is 0.347 e. The van der Waals surface area contributed by atoms with Crippen LogP contribution < -0.4 is 0 Å². The maximum absolute atomic E-state index is 12.3. The van der Waals surface area contributed by atoms with Gasteiger partial charge in [0.05, 0.1) is 17.2 Å². The van der Waals surface area contributed by atoms with Crippen molar-refractivity contribution in [3.63, 3.8) is 0 Å². The molecular weight excluding hydrogens is 318 g/mol. The van der Waals surface area contributed by atoms with Crippen molar-refractivity contribution in [2.45, 2.75) is 31.7 Å². The van der Waals surface area contributed by atoms with Gasteiger partial charge in [-0.1, -0.05) is 12.1 Å². The Bertz CT molecular complexity index is 651. The van der Waals surface area contributed by atoms with Gasteiger partial charge in [0, 0.05) is 20.6 Å². The summed E-state index contributed by atoms with van der Waals surface area (Å²) in [5.74, 6) is -0.220. The van der Waals surface area contributed by atoms with E-state index in [0.717, 1.165) is 38.8 Å². The van der Waals surface area contributed by atoms with Crippen molar-refractivity contribution in [2.75, 3.05) is 33.7 Å². The van der Waals surface area contributed by atoms with Crippen LogP contribution in [-0.4, -0.2) is 72.2 Å². The molecule has 6 heteroatoms. The van der Waals surface area contributed by atoms with E-state index in [0.29, 0.717) is 17.7 Å². The average molecular weight is 343 g/mol. The van der Waals surface area contributed by atoms with Crippen LogP contribution in [0.25, 0.3) is 0 Å². The highest BCUT2D eigenvalue weighted by Gasteiger charge is 2.35. The molecule has 3 amide bonds. The molecule has 2 aliphatic rings. The number of rotatable bonds is 6. The first kappa shape index (κ1) is 17.6. The van der Waals surface area contributed by atoms with Crippen LogP contribution in [-0.2, 0) is 4.79 Å². The number of likely N-dealkylation sites (N-methyl/N-ethyl adjacent to an activating group) is 1. The van der Waals surface area contributed by atoms with Crippen molar-refractivity contribution < 1.29 is 14.4 Å². The second-order valence-electron chi connectivity index (χ2n) is 6.94. The Morgan fingerprint density at radius 3 is 2.28 bits per heavy atom. The highest BCUT2D eigenvalue weighted by molar-refractivity contribution is 6.21. The Morgan fingerprint density at radius 2 is 1.68 bits per heavy atom. The fourth-order valence-electron chi connectivity index (χ4n) is 3.70. The quantitative estimate of drug-likeness (QED) is 0.582. The summed E-state index contributed by atoms with van der Waals surface area (Å²) in [7, 11) is 3.59. The van der Waals surface area contributed by atoms with Crippen LogP contribution in [0, 0.1) is 0 Å². The van der Waals surface area contributed by atoms with Crippen molar-refractivity contribution in [3.05, 3.63) is 35.4 Å². The van der Waals surface area contributed by atoms with Crippen LogP contribution in [0.15, 0.2) is 24.3 Å². The lowest BCUT2D eigenvalue weighted by Crippen LogP contribution is -2.43. The predicted octanol–water partition coefficient (Wildman–Crippen LogP) is 1.62. The second-order valence-corrected chi connectivity index (χ2v) is 6.94. The fraction of sp³-hybridized carbons (Fsp3) is 0.526. The van der Waals surface area contributed by atoms with E-state index in [9.17, 15) is 14.4 Å². The standard InChI is InChI=1S/C19H25N3O3/c1-20(2)19(25)16-10-7-12-21(16)11-5-6-13-22-17(23)14-8-3-4-9-15(14)18(22)24/h3-4,8-9,16H,5-7,10-13H2,1-2H3/t16-/m0/s1. The first-order valence-electron chi connectivity index (χ1n) is 8.91. The van der Waals surface area contributed by atoms with E-state index >= 15 is 0 Å². The van der Waals surface area contributed by atoms with Gasteiger partial charge in [-0.2, -0.15) is 0 Å². The minimum absolute atomic E-state index is 0.0192. The number of amides is 3. The molecule has 1 atom stereocenters. The zero-order valence-electron chi connectivity index (χ0n) is 14.9. The van der Waals surface area contributed by atoms with Gasteiger partial charge in [-0.15, -0.1) is 0 Å². The molecule has 1 saturated heterocycles. The van der Waals surface area contributed by atoms with E-state index in [2.05, 4.69) is 4.90 Å². The van der Waals surface area contributed by atoms with Crippen LogP contribution in [0.4, 0.5) is 0 Å². The van der Waals surface area contributed by atoms with Gasteiger partial charge in [-0.3, -0.25) is 24.2 Å². The van der Waals surface area contributed by atoms with Crippen LogP contribution >= 0.6 is 0 Å². The normalized spacial score (nSPS) is 20.2. The molecule has 0 unspecified atom stereocenters. The van der Waals surface area contributed by atoms with Crippen LogP contribution in [0.2, 0.25) is 0 Å². The highest BCUT2D eigenvalue weighted by Crippen LogP contribution is 2.23. The Hall–Kier alpha value is -2.21. The molecule has 0 saturated carbocycles. The van der Waals surface area contributed by atoms with Crippen molar-refractivity contribution in [2.24, 2.45) is 0 Å². The molecule has 134 valence electrons. The molecule has 0 aromatic heterocycles. The SMILES string of the molecule is CN(C)C(=O)[C@@H]1CCCN1CCCCN1C(=O)c2ccccc2C1=O. The Morgan fingerprint density at radius 1 is 1.08 bits per heavy atom. The van der Waals surface area contributed by atoms with Crippen molar-refractivity contribution in [1.29, 1.82) is 0 Å². The van der Waals surface area contributed by atoms with Crippen molar-refractivity contribution in [1.82, 2.24) is 14.7 Å². The highest BCUT2D eigenvalue weighted by atomic mass is 16.2. The van der Waals surface area contributed by atoms with Crippen LogP contribution in [0.1, 0.15) is 46.4 Å². The minimum atomic E-state index is -0.192. The number of hydrogen-bond acceptors (Lipinski definition) is 4. The number of carbonyl (C=O) groups is 3. The Labute approximate surface area is 148 Å². The van der Waals surface area contributed by atoms with Gasteiger partial charge in [0.15, 0.2) is 0 Å². The molecule has 1 aromatic rings. The van der Waals surface area contributed by atoms with Crippen LogP contribution in [0.3, 0.4) is 0 Å². The second kappa shape index (κ2) is 7.35. The van der Waals surface area contributed by atoms with E-state index in [-0.39, 0.29) is 23.8 Å². The summed E-state index contributed by atoms with van der Waals surface area (Å²) >= 11 is 0. The molecule has 0 bridgehead atoms.